The molecule has 0 atom stereocenters. The van der Waals surface area contributed by atoms with Crippen LogP contribution in [0, 0.1) is 6.92 Å². The Labute approximate surface area is 161 Å². The van der Waals surface area contributed by atoms with Crippen molar-refractivity contribution in [2.45, 2.75) is 19.9 Å². The molecule has 1 aromatic heterocycles. The van der Waals surface area contributed by atoms with Crippen molar-refractivity contribution >= 4 is 29.4 Å². The lowest BCUT2D eigenvalue weighted by Gasteiger charge is -2.34. The number of carboxylic acids is 1. The number of amides is 2. The number of aryl methyl sites for hydroxylation is 1. The number of hydrogen-bond donors (Lipinski definition) is 1. The van der Waals surface area contributed by atoms with Gasteiger partial charge in [-0.3, -0.25) is 14.4 Å². The number of rotatable bonds is 5. The van der Waals surface area contributed by atoms with Crippen LogP contribution < -0.4 is 0 Å². The van der Waals surface area contributed by atoms with E-state index in [0.29, 0.717) is 30.2 Å². The summed E-state index contributed by atoms with van der Waals surface area (Å²) < 4.78 is 5.22. The van der Waals surface area contributed by atoms with E-state index in [1.54, 1.807) is 24.0 Å². The number of carbonyl (C=O) groups excluding carboxylic acids is 2. The van der Waals surface area contributed by atoms with Gasteiger partial charge in [-0.15, -0.1) is 0 Å². The van der Waals surface area contributed by atoms with Crippen LogP contribution in [-0.4, -0.2) is 52.3 Å². The molecular formula is C19H19ClN2O5. The summed E-state index contributed by atoms with van der Waals surface area (Å²) in [5, 5.41) is 9.61. The molecule has 3 rings (SSSR count). The van der Waals surface area contributed by atoms with E-state index in [4.69, 9.17) is 21.1 Å². The lowest BCUT2D eigenvalue weighted by atomic mass is 10.1. The minimum Gasteiger partial charge on any atom is -0.481 e. The van der Waals surface area contributed by atoms with Crippen molar-refractivity contribution in [2.24, 2.45) is 0 Å². The quantitative estimate of drug-likeness (QED) is 0.846. The van der Waals surface area contributed by atoms with Gasteiger partial charge in [0.05, 0.1) is 11.8 Å². The molecule has 1 aliphatic heterocycles. The number of piperazine rings is 1. The monoisotopic (exact) mass is 390 g/mol. The smallest absolute Gasteiger partial charge is 0.311 e. The number of hydrogen-bond acceptors (Lipinski definition) is 4. The van der Waals surface area contributed by atoms with Gasteiger partial charge < -0.3 is 19.3 Å². The predicted molar refractivity (Wildman–Crippen MR) is 97.6 cm³/mol. The number of nitrogens with zero attached hydrogens (tertiary/aromatic N) is 2. The average molecular weight is 391 g/mol. The molecule has 0 spiro atoms. The molecule has 2 aromatic rings. The summed E-state index contributed by atoms with van der Waals surface area (Å²) in [4.78, 5) is 39.4. The van der Waals surface area contributed by atoms with Crippen LogP contribution in [0.5, 0.6) is 0 Å². The molecule has 0 unspecified atom stereocenters. The molecular weight excluding hydrogens is 372 g/mol. The summed E-state index contributed by atoms with van der Waals surface area (Å²) in [6.45, 7) is 2.85. The Kier molecular flexibility index (Phi) is 5.51. The van der Waals surface area contributed by atoms with Gasteiger partial charge in [0.25, 0.3) is 5.91 Å². The number of carboxylic acid groups (broad SMARTS) is 1. The normalized spacial score (nSPS) is 14.5. The van der Waals surface area contributed by atoms with E-state index in [1.165, 1.54) is 11.2 Å². The lowest BCUT2D eigenvalue weighted by molar-refractivity contribution is -0.137. The zero-order valence-corrected chi connectivity index (χ0v) is 15.5. The highest BCUT2D eigenvalue weighted by Crippen LogP contribution is 2.21. The summed E-state index contributed by atoms with van der Waals surface area (Å²) in [6, 6.07) is 7.26. The highest BCUT2D eigenvalue weighted by Gasteiger charge is 2.31. The molecule has 7 nitrogen and oxygen atoms in total. The fourth-order valence-electron chi connectivity index (χ4n) is 3.07. The first-order valence-corrected chi connectivity index (χ1v) is 8.83. The van der Waals surface area contributed by atoms with Crippen LogP contribution in [-0.2, 0) is 22.6 Å². The summed E-state index contributed by atoms with van der Waals surface area (Å²) in [6.07, 6.45) is 0.990. The van der Waals surface area contributed by atoms with E-state index in [-0.39, 0.29) is 36.1 Å². The maximum atomic E-state index is 12.8. The van der Waals surface area contributed by atoms with Crippen molar-refractivity contribution in [3.8, 4) is 0 Å². The topological polar surface area (TPSA) is 91.1 Å². The van der Waals surface area contributed by atoms with Crippen LogP contribution in [0.1, 0.15) is 27.2 Å². The molecule has 1 fully saturated rings. The van der Waals surface area contributed by atoms with Crippen LogP contribution in [0.4, 0.5) is 0 Å². The van der Waals surface area contributed by atoms with Gasteiger partial charge in [-0.1, -0.05) is 23.7 Å². The predicted octanol–water partition coefficient (Wildman–Crippen LogP) is 2.35. The fraction of sp³-hybridized carbons (Fsp3) is 0.316. The van der Waals surface area contributed by atoms with E-state index in [9.17, 15) is 14.4 Å². The number of carbonyl (C=O) groups is 3. The third-order valence-corrected chi connectivity index (χ3v) is 4.72. The first kappa shape index (κ1) is 19.0. The Morgan fingerprint density at radius 3 is 2.56 bits per heavy atom. The molecule has 0 saturated carbocycles. The molecule has 1 saturated heterocycles. The zero-order chi connectivity index (χ0) is 19.6. The minimum absolute atomic E-state index is 0.0520. The van der Waals surface area contributed by atoms with Gasteiger partial charge >= 0.3 is 5.97 Å². The van der Waals surface area contributed by atoms with E-state index in [0.717, 1.165) is 5.56 Å². The molecule has 0 radical (unpaired) electrons. The third-order valence-electron chi connectivity index (χ3n) is 4.47. The number of halogens is 1. The summed E-state index contributed by atoms with van der Waals surface area (Å²) in [7, 11) is 0. The minimum atomic E-state index is -1.08. The van der Waals surface area contributed by atoms with Crippen LogP contribution in [0.25, 0.3) is 0 Å². The molecule has 0 aliphatic carbocycles. The van der Waals surface area contributed by atoms with Crippen molar-refractivity contribution in [3.63, 3.8) is 0 Å². The van der Waals surface area contributed by atoms with Gasteiger partial charge in [-0.2, -0.15) is 0 Å². The van der Waals surface area contributed by atoms with Crippen LogP contribution in [0.15, 0.2) is 34.9 Å². The maximum Gasteiger partial charge on any atom is 0.311 e. The van der Waals surface area contributed by atoms with E-state index in [1.807, 2.05) is 12.1 Å². The van der Waals surface area contributed by atoms with Crippen molar-refractivity contribution in [1.82, 2.24) is 9.80 Å². The lowest BCUT2D eigenvalue weighted by Crippen LogP contribution is -2.52. The first-order valence-electron chi connectivity index (χ1n) is 8.45. The highest BCUT2D eigenvalue weighted by atomic mass is 35.5. The maximum absolute atomic E-state index is 12.8. The fourth-order valence-corrected chi connectivity index (χ4v) is 3.20. The van der Waals surface area contributed by atoms with Gasteiger partial charge in [-0.25, -0.2) is 0 Å². The first-order chi connectivity index (χ1) is 12.8. The molecule has 1 N–H and O–H groups in total. The molecule has 1 aliphatic rings. The van der Waals surface area contributed by atoms with Crippen molar-refractivity contribution in [1.29, 1.82) is 0 Å². The van der Waals surface area contributed by atoms with E-state index < -0.39 is 5.97 Å². The second kappa shape index (κ2) is 7.84. The average Bonchev–Trinajstić information content (AvgIpc) is 2.97. The second-order valence-corrected chi connectivity index (χ2v) is 6.89. The third kappa shape index (κ3) is 4.31. The van der Waals surface area contributed by atoms with Crippen molar-refractivity contribution < 1.29 is 23.9 Å². The largest absolute Gasteiger partial charge is 0.481 e. The second-order valence-electron chi connectivity index (χ2n) is 6.46. The molecule has 2 heterocycles. The molecule has 2 amide bonds. The SMILES string of the molecule is Cc1coc(CC(=O)O)c1C(=O)N1CCN(Cc2ccc(Cl)cc2)C(=O)C1. The Balaban J connectivity index is 1.68. The molecule has 0 bridgehead atoms. The summed E-state index contributed by atoms with van der Waals surface area (Å²) in [5.41, 5.74) is 1.76. The van der Waals surface area contributed by atoms with Gasteiger partial charge in [0.2, 0.25) is 5.91 Å². The molecule has 142 valence electrons. The van der Waals surface area contributed by atoms with Crippen molar-refractivity contribution in [3.05, 3.63) is 58.0 Å². The Morgan fingerprint density at radius 2 is 1.93 bits per heavy atom. The van der Waals surface area contributed by atoms with Crippen LogP contribution in [0.3, 0.4) is 0 Å². The van der Waals surface area contributed by atoms with Gasteiger partial charge in [0, 0.05) is 30.2 Å². The van der Waals surface area contributed by atoms with Gasteiger partial charge in [0.1, 0.15) is 18.7 Å². The zero-order valence-electron chi connectivity index (χ0n) is 14.8. The Bertz CT molecular complexity index is 875. The number of aliphatic carboxylic acids is 1. The number of benzene rings is 1. The Morgan fingerprint density at radius 1 is 1.22 bits per heavy atom. The molecule has 1 aromatic carbocycles. The van der Waals surface area contributed by atoms with Crippen LogP contribution in [0.2, 0.25) is 5.02 Å². The van der Waals surface area contributed by atoms with Gasteiger partial charge in [0.15, 0.2) is 0 Å². The van der Waals surface area contributed by atoms with Crippen LogP contribution >= 0.6 is 11.6 Å². The summed E-state index contributed by atoms with van der Waals surface area (Å²) in [5.74, 6) is -1.51. The van der Waals surface area contributed by atoms with Crippen molar-refractivity contribution in [2.75, 3.05) is 19.6 Å². The Hall–Kier alpha value is -2.80. The number of furan rings is 1. The molecule has 27 heavy (non-hydrogen) atoms. The standard InChI is InChI=1S/C19H19ClN2O5/c1-12-11-27-15(8-17(24)25)18(12)19(26)22-7-6-21(16(23)10-22)9-13-2-4-14(20)5-3-13/h2-5,11H,6-10H2,1H3,(H,24,25). The molecule has 8 heteroatoms. The van der Waals surface area contributed by atoms with E-state index >= 15 is 0 Å². The van der Waals surface area contributed by atoms with Gasteiger partial charge in [-0.05, 0) is 24.6 Å². The highest BCUT2D eigenvalue weighted by molar-refractivity contribution is 6.30. The summed E-state index contributed by atoms with van der Waals surface area (Å²) >= 11 is 5.87. The van der Waals surface area contributed by atoms with E-state index in [2.05, 4.69) is 0 Å².